The minimum Gasteiger partial charge on any atom is -0.545 e. The molecule has 0 aliphatic heterocycles. The van der Waals surface area contributed by atoms with E-state index in [1.165, 1.54) is 4.88 Å². The van der Waals surface area contributed by atoms with E-state index in [9.17, 15) is 9.90 Å². The van der Waals surface area contributed by atoms with Crippen molar-refractivity contribution in [3.05, 3.63) is 28.0 Å². The van der Waals surface area contributed by atoms with Crippen molar-refractivity contribution in [1.29, 1.82) is 0 Å². The van der Waals surface area contributed by atoms with Crippen molar-refractivity contribution in [3.63, 3.8) is 0 Å². The largest absolute Gasteiger partial charge is 0.545 e. The van der Waals surface area contributed by atoms with Crippen LogP contribution in [-0.2, 0) is 11.2 Å². The summed E-state index contributed by atoms with van der Waals surface area (Å²) >= 11 is 1.60. The van der Waals surface area contributed by atoms with Crippen molar-refractivity contribution in [2.75, 3.05) is 0 Å². The van der Waals surface area contributed by atoms with Gasteiger partial charge in [0, 0.05) is 9.75 Å². The number of thiophene rings is 1. The molecule has 0 atom stereocenters. The van der Waals surface area contributed by atoms with E-state index in [1.54, 1.807) is 17.4 Å². The van der Waals surface area contributed by atoms with E-state index in [4.69, 9.17) is 0 Å². The van der Waals surface area contributed by atoms with Gasteiger partial charge in [-0.1, -0.05) is 6.92 Å². The van der Waals surface area contributed by atoms with Gasteiger partial charge in [-0.15, -0.1) is 11.3 Å². The molecule has 0 aliphatic carbocycles. The lowest BCUT2D eigenvalue weighted by atomic mass is 10.3. The van der Waals surface area contributed by atoms with Crippen molar-refractivity contribution in [2.45, 2.75) is 13.3 Å². The van der Waals surface area contributed by atoms with E-state index in [-0.39, 0.29) is 0 Å². The first-order valence-electron chi connectivity index (χ1n) is 3.70. The molecule has 1 aromatic rings. The molecule has 0 aromatic carbocycles. The lowest BCUT2D eigenvalue weighted by molar-refractivity contribution is -0.297. The molecule has 0 amide bonds. The molecule has 1 heterocycles. The number of rotatable bonds is 3. The van der Waals surface area contributed by atoms with Gasteiger partial charge in [0.25, 0.3) is 0 Å². The Morgan fingerprint density at radius 3 is 2.92 bits per heavy atom. The van der Waals surface area contributed by atoms with Crippen molar-refractivity contribution < 1.29 is 9.90 Å². The maximum atomic E-state index is 10.1. The van der Waals surface area contributed by atoms with E-state index in [0.717, 1.165) is 17.4 Å². The van der Waals surface area contributed by atoms with E-state index < -0.39 is 5.97 Å². The standard InChI is InChI=1S/C9H10O2S/c1-2-7-3-4-8(12-7)5-6-9(10)11/h3-6H,2H2,1H3,(H,10,11)/p-1/b6-5+. The van der Waals surface area contributed by atoms with Crippen molar-refractivity contribution >= 4 is 23.4 Å². The van der Waals surface area contributed by atoms with Crippen LogP contribution in [-0.4, -0.2) is 5.97 Å². The lowest BCUT2D eigenvalue weighted by Gasteiger charge is -1.88. The molecule has 1 rings (SSSR count). The fourth-order valence-corrected chi connectivity index (χ4v) is 1.68. The predicted octanol–water partition coefficient (Wildman–Crippen LogP) is 1.07. The second kappa shape index (κ2) is 4.07. The first kappa shape index (κ1) is 9.00. The number of carboxylic acid groups (broad SMARTS) is 1. The van der Waals surface area contributed by atoms with Gasteiger partial charge in [-0.25, -0.2) is 0 Å². The Morgan fingerprint density at radius 1 is 1.67 bits per heavy atom. The summed E-state index contributed by atoms with van der Waals surface area (Å²) in [5, 5.41) is 10.1. The fraction of sp³-hybridized carbons (Fsp3) is 0.222. The molecule has 64 valence electrons. The molecule has 0 saturated heterocycles. The van der Waals surface area contributed by atoms with E-state index in [1.807, 2.05) is 12.1 Å². The zero-order chi connectivity index (χ0) is 8.97. The van der Waals surface area contributed by atoms with Gasteiger partial charge in [0.2, 0.25) is 0 Å². The Kier molecular flexibility index (Phi) is 3.05. The number of aliphatic carboxylic acids is 1. The zero-order valence-corrected chi connectivity index (χ0v) is 7.56. The molecule has 0 saturated carbocycles. The highest BCUT2D eigenvalue weighted by molar-refractivity contribution is 7.12. The minimum atomic E-state index is -1.15. The smallest absolute Gasteiger partial charge is 0.0643 e. The second-order valence-electron chi connectivity index (χ2n) is 2.31. The summed E-state index contributed by atoms with van der Waals surface area (Å²) in [7, 11) is 0. The summed E-state index contributed by atoms with van der Waals surface area (Å²) in [5.74, 6) is -1.15. The third kappa shape index (κ3) is 2.51. The summed E-state index contributed by atoms with van der Waals surface area (Å²) in [6.07, 6.45) is 3.59. The van der Waals surface area contributed by atoms with Crippen LogP contribution in [0.4, 0.5) is 0 Å². The minimum absolute atomic E-state index is 0.955. The van der Waals surface area contributed by atoms with Crippen molar-refractivity contribution in [3.8, 4) is 0 Å². The van der Waals surface area contributed by atoms with E-state index in [0.29, 0.717) is 0 Å². The van der Waals surface area contributed by atoms with Crippen LogP contribution in [0.2, 0.25) is 0 Å². The first-order chi connectivity index (χ1) is 5.72. The number of carbonyl (C=O) groups is 1. The number of hydrogen-bond acceptors (Lipinski definition) is 3. The highest BCUT2D eigenvalue weighted by atomic mass is 32.1. The van der Waals surface area contributed by atoms with Crippen LogP contribution in [0.5, 0.6) is 0 Å². The molecule has 1 aromatic heterocycles. The van der Waals surface area contributed by atoms with Crippen LogP contribution < -0.4 is 5.11 Å². The third-order valence-electron chi connectivity index (χ3n) is 1.41. The van der Waals surface area contributed by atoms with Gasteiger partial charge in [0.1, 0.15) is 0 Å². The maximum Gasteiger partial charge on any atom is 0.0643 e. The van der Waals surface area contributed by atoms with E-state index in [2.05, 4.69) is 6.92 Å². The lowest BCUT2D eigenvalue weighted by Crippen LogP contribution is -2.18. The van der Waals surface area contributed by atoms with Gasteiger partial charge < -0.3 is 9.90 Å². The molecule has 3 heteroatoms. The average Bonchev–Trinajstić information content (AvgIpc) is 2.48. The molecule has 0 fully saturated rings. The van der Waals surface area contributed by atoms with Gasteiger partial charge in [0.15, 0.2) is 0 Å². The van der Waals surface area contributed by atoms with Gasteiger partial charge in [-0.2, -0.15) is 0 Å². The zero-order valence-electron chi connectivity index (χ0n) is 6.74. The highest BCUT2D eigenvalue weighted by Crippen LogP contribution is 2.17. The van der Waals surface area contributed by atoms with Crippen LogP contribution in [0.25, 0.3) is 6.08 Å². The summed E-state index contributed by atoms with van der Waals surface area (Å²) in [6, 6.07) is 3.91. The number of carboxylic acids is 1. The number of aryl methyl sites for hydroxylation is 1. The fourth-order valence-electron chi connectivity index (χ4n) is 0.824. The summed E-state index contributed by atoms with van der Waals surface area (Å²) in [5.41, 5.74) is 0. The Bertz CT molecular complexity index is 299. The molecule has 2 nitrogen and oxygen atoms in total. The Morgan fingerprint density at radius 2 is 2.42 bits per heavy atom. The molecule has 0 radical (unpaired) electrons. The number of carbonyl (C=O) groups excluding carboxylic acids is 1. The Balaban J connectivity index is 2.70. The summed E-state index contributed by atoms with van der Waals surface area (Å²) in [4.78, 5) is 12.3. The van der Waals surface area contributed by atoms with Crippen molar-refractivity contribution in [1.82, 2.24) is 0 Å². The molecular formula is C9H9O2S-. The molecule has 0 bridgehead atoms. The molecule has 0 unspecified atom stereocenters. The summed E-state index contributed by atoms with van der Waals surface area (Å²) in [6.45, 7) is 2.07. The van der Waals surface area contributed by atoms with Crippen LogP contribution in [0, 0.1) is 0 Å². The van der Waals surface area contributed by atoms with Crippen LogP contribution in [0.3, 0.4) is 0 Å². The Hall–Kier alpha value is -1.09. The van der Waals surface area contributed by atoms with Gasteiger partial charge in [-0.3, -0.25) is 0 Å². The quantitative estimate of drug-likeness (QED) is 0.654. The maximum absolute atomic E-state index is 10.1. The average molecular weight is 181 g/mol. The van der Waals surface area contributed by atoms with Gasteiger partial charge in [0.05, 0.1) is 5.97 Å². The van der Waals surface area contributed by atoms with Crippen LogP contribution in [0.1, 0.15) is 16.7 Å². The second-order valence-corrected chi connectivity index (χ2v) is 3.51. The third-order valence-corrected chi connectivity index (χ3v) is 2.61. The Labute approximate surface area is 75.2 Å². The normalized spacial score (nSPS) is 10.8. The molecular weight excluding hydrogens is 172 g/mol. The van der Waals surface area contributed by atoms with Crippen LogP contribution >= 0.6 is 11.3 Å². The predicted molar refractivity (Wildman–Crippen MR) is 47.7 cm³/mol. The van der Waals surface area contributed by atoms with E-state index >= 15 is 0 Å². The first-order valence-corrected chi connectivity index (χ1v) is 4.52. The van der Waals surface area contributed by atoms with Gasteiger partial charge in [-0.05, 0) is 30.7 Å². The summed E-state index contributed by atoms with van der Waals surface area (Å²) < 4.78 is 0. The molecule has 12 heavy (non-hydrogen) atoms. The van der Waals surface area contributed by atoms with Gasteiger partial charge >= 0.3 is 0 Å². The molecule has 0 spiro atoms. The van der Waals surface area contributed by atoms with Crippen LogP contribution in [0.15, 0.2) is 18.2 Å². The topological polar surface area (TPSA) is 40.1 Å². The number of hydrogen-bond donors (Lipinski definition) is 0. The molecule has 0 aliphatic rings. The monoisotopic (exact) mass is 181 g/mol. The SMILES string of the molecule is CCc1ccc(/C=C/C(=O)[O-])s1. The molecule has 0 N–H and O–H groups in total. The highest BCUT2D eigenvalue weighted by Gasteiger charge is 1.93. The van der Waals surface area contributed by atoms with Crippen molar-refractivity contribution in [2.24, 2.45) is 0 Å².